The van der Waals surface area contributed by atoms with Crippen LogP contribution in [0.5, 0.6) is 0 Å². The highest BCUT2D eigenvalue weighted by atomic mass is 28.4. The molecule has 3 aromatic carbocycles. The Balaban J connectivity index is 1.63. The van der Waals surface area contributed by atoms with Crippen molar-refractivity contribution in [1.29, 1.82) is 0 Å². The maximum atomic E-state index is 7.09. The fraction of sp³-hybridized carbons (Fsp3) is 0.471. The molecule has 0 heterocycles. The maximum absolute atomic E-state index is 7.09. The standard InChI is InChI=1S/C34H46O4Si/c1-26-22-30(38-39(5,6)34(2,3)4)32(36-24-28-18-12-8-13-19-28)33(37-25-29-20-14-9-15-21-29)31(26)35-23-27-16-10-7-11-17-27/h7-21,26,30-33H,22-25H2,1-6H3/t26?,30-,31-,32?,33+/m0/s1. The van der Waals surface area contributed by atoms with E-state index in [2.05, 4.69) is 114 Å². The molecule has 0 aromatic heterocycles. The first-order valence-electron chi connectivity index (χ1n) is 14.3. The third kappa shape index (κ3) is 8.12. The van der Waals surface area contributed by atoms with Crippen LogP contribution in [0.2, 0.25) is 18.1 Å². The summed E-state index contributed by atoms with van der Waals surface area (Å²) in [5, 5.41) is 0.0985. The molecule has 0 amide bonds. The van der Waals surface area contributed by atoms with Crippen LogP contribution in [-0.4, -0.2) is 32.7 Å². The molecule has 0 aliphatic heterocycles. The van der Waals surface area contributed by atoms with E-state index in [4.69, 9.17) is 18.6 Å². The zero-order chi connectivity index (χ0) is 27.9. The highest BCUT2D eigenvalue weighted by Gasteiger charge is 2.49. The Kier molecular flexibility index (Phi) is 10.2. The van der Waals surface area contributed by atoms with E-state index in [-0.39, 0.29) is 35.4 Å². The van der Waals surface area contributed by atoms with Gasteiger partial charge in [0.05, 0.1) is 32.0 Å². The summed E-state index contributed by atoms with van der Waals surface area (Å²) in [5.74, 6) is 0.251. The van der Waals surface area contributed by atoms with Crippen molar-refractivity contribution in [2.75, 3.05) is 0 Å². The summed E-state index contributed by atoms with van der Waals surface area (Å²) in [7, 11) is -2.06. The Labute approximate surface area is 236 Å². The van der Waals surface area contributed by atoms with Gasteiger partial charge in [-0.3, -0.25) is 0 Å². The summed E-state index contributed by atoms with van der Waals surface area (Å²) in [6.45, 7) is 15.3. The van der Waals surface area contributed by atoms with Crippen molar-refractivity contribution < 1.29 is 18.6 Å². The van der Waals surface area contributed by atoms with E-state index in [1.807, 2.05) is 18.2 Å². The van der Waals surface area contributed by atoms with E-state index in [0.717, 1.165) is 23.1 Å². The van der Waals surface area contributed by atoms with E-state index >= 15 is 0 Å². The minimum absolute atomic E-state index is 0.0676. The molecular formula is C34H46O4Si. The number of hydrogen-bond acceptors (Lipinski definition) is 4. The highest BCUT2D eigenvalue weighted by Crippen LogP contribution is 2.42. The third-order valence-electron chi connectivity index (χ3n) is 8.29. The molecule has 0 bridgehead atoms. The fourth-order valence-corrected chi connectivity index (χ4v) is 6.32. The van der Waals surface area contributed by atoms with Gasteiger partial charge >= 0.3 is 0 Å². The highest BCUT2D eigenvalue weighted by molar-refractivity contribution is 6.74. The lowest BCUT2D eigenvalue weighted by molar-refractivity contribution is -0.213. The van der Waals surface area contributed by atoms with Gasteiger partial charge in [-0.2, -0.15) is 0 Å². The summed E-state index contributed by atoms with van der Waals surface area (Å²) < 4.78 is 27.3. The Morgan fingerprint density at radius 3 is 1.41 bits per heavy atom. The minimum Gasteiger partial charge on any atom is -0.411 e. The zero-order valence-corrected chi connectivity index (χ0v) is 25.5. The molecule has 4 nitrogen and oxygen atoms in total. The van der Waals surface area contributed by atoms with E-state index in [1.54, 1.807) is 0 Å². The molecule has 1 aliphatic rings. The Morgan fingerprint density at radius 2 is 1.00 bits per heavy atom. The topological polar surface area (TPSA) is 36.9 Å². The molecule has 1 aliphatic carbocycles. The largest absolute Gasteiger partial charge is 0.411 e. The molecule has 0 radical (unpaired) electrons. The van der Waals surface area contributed by atoms with Crippen molar-refractivity contribution in [2.24, 2.45) is 5.92 Å². The second-order valence-electron chi connectivity index (χ2n) is 12.4. The van der Waals surface area contributed by atoms with E-state index in [9.17, 15) is 0 Å². The SMILES string of the molecule is CC1C[C@H](O[Si](C)(C)C(C)(C)C)C(OCc2ccccc2)[C@H](OCc2ccccc2)[C@H]1OCc1ccccc1. The molecule has 0 spiro atoms. The molecule has 5 atom stereocenters. The summed E-state index contributed by atoms with van der Waals surface area (Å²) >= 11 is 0. The molecule has 210 valence electrons. The van der Waals surface area contributed by atoms with Gasteiger partial charge in [-0.25, -0.2) is 0 Å². The molecule has 5 heteroatoms. The fourth-order valence-electron chi connectivity index (χ4n) is 4.98. The zero-order valence-electron chi connectivity index (χ0n) is 24.5. The van der Waals surface area contributed by atoms with Crippen LogP contribution < -0.4 is 0 Å². The third-order valence-corrected chi connectivity index (χ3v) is 12.8. The van der Waals surface area contributed by atoms with Gasteiger partial charge in [-0.05, 0) is 47.2 Å². The van der Waals surface area contributed by atoms with Crippen LogP contribution in [-0.2, 0) is 38.5 Å². The van der Waals surface area contributed by atoms with Crippen molar-refractivity contribution in [1.82, 2.24) is 0 Å². The van der Waals surface area contributed by atoms with Crippen LogP contribution in [0, 0.1) is 5.92 Å². The number of hydrogen-bond donors (Lipinski definition) is 0. The molecule has 0 N–H and O–H groups in total. The molecule has 4 rings (SSSR count). The van der Waals surface area contributed by atoms with Crippen LogP contribution in [0.4, 0.5) is 0 Å². The van der Waals surface area contributed by atoms with Crippen molar-refractivity contribution in [3.63, 3.8) is 0 Å². The first-order valence-corrected chi connectivity index (χ1v) is 17.2. The van der Waals surface area contributed by atoms with Gasteiger partial charge in [0.1, 0.15) is 12.2 Å². The van der Waals surface area contributed by atoms with Crippen molar-refractivity contribution in [3.05, 3.63) is 108 Å². The van der Waals surface area contributed by atoms with Gasteiger partial charge in [0.15, 0.2) is 8.32 Å². The second-order valence-corrected chi connectivity index (χ2v) is 17.2. The molecule has 3 aromatic rings. The van der Waals surface area contributed by atoms with Gasteiger partial charge in [0.2, 0.25) is 0 Å². The second kappa shape index (κ2) is 13.4. The quantitative estimate of drug-likeness (QED) is 0.227. The predicted molar refractivity (Wildman–Crippen MR) is 161 cm³/mol. The lowest BCUT2D eigenvalue weighted by Gasteiger charge is -2.49. The van der Waals surface area contributed by atoms with Gasteiger partial charge in [0, 0.05) is 0 Å². The maximum Gasteiger partial charge on any atom is 0.192 e. The number of benzene rings is 3. The number of rotatable bonds is 11. The minimum atomic E-state index is -2.06. The lowest BCUT2D eigenvalue weighted by atomic mass is 9.81. The average molecular weight is 547 g/mol. The van der Waals surface area contributed by atoms with Crippen LogP contribution in [0.15, 0.2) is 91.0 Å². The van der Waals surface area contributed by atoms with Crippen LogP contribution in [0.1, 0.15) is 50.8 Å². The monoisotopic (exact) mass is 546 g/mol. The van der Waals surface area contributed by atoms with Crippen molar-refractivity contribution in [3.8, 4) is 0 Å². The summed E-state index contributed by atoms with van der Waals surface area (Å²) in [6, 6.07) is 31.1. The summed E-state index contributed by atoms with van der Waals surface area (Å²) in [5.41, 5.74) is 3.44. The summed E-state index contributed by atoms with van der Waals surface area (Å²) in [6.07, 6.45) is 0.170. The molecule has 0 saturated heterocycles. The van der Waals surface area contributed by atoms with Gasteiger partial charge in [0.25, 0.3) is 0 Å². The summed E-state index contributed by atoms with van der Waals surface area (Å²) in [4.78, 5) is 0. The Bertz CT molecular complexity index is 1110. The first-order chi connectivity index (χ1) is 18.6. The predicted octanol–water partition coefficient (Wildman–Crippen LogP) is 8.17. The van der Waals surface area contributed by atoms with Crippen LogP contribution >= 0.6 is 0 Å². The lowest BCUT2D eigenvalue weighted by Crippen LogP contribution is -2.59. The number of ether oxygens (including phenoxy) is 3. The molecular weight excluding hydrogens is 500 g/mol. The Morgan fingerprint density at radius 1 is 0.615 bits per heavy atom. The molecule has 1 fully saturated rings. The smallest absolute Gasteiger partial charge is 0.192 e. The van der Waals surface area contributed by atoms with E-state index in [1.165, 1.54) is 0 Å². The first kappa shape index (κ1) is 29.7. The van der Waals surface area contributed by atoms with Crippen LogP contribution in [0.3, 0.4) is 0 Å². The van der Waals surface area contributed by atoms with E-state index in [0.29, 0.717) is 19.8 Å². The molecule has 2 unspecified atom stereocenters. The molecule has 1 saturated carbocycles. The van der Waals surface area contributed by atoms with E-state index < -0.39 is 8.32 Å². The normalized spacial score (nSPS) is 24.0. The van der Waals surface area contributed by atoms with Gasteiger partial charge < -0.3 is 18.6 Å². The Hall–Kier alpha value is -2.28. The average Bonchev–Trinajstić information content (AvgIpc) is 2.91. The van der Waals surface area contributed by atoms with Crippen LogP contribution in [0.25, 0.3) is 0 Å². The van der Waals surface area contributed by atoms with Gasteiger partial charge in [-0.1, -0.05) is 119 Å². The van der Waals surface area contributed by atoms with Crippen molar-refractivity contribution in [2.45, 2.75) is 96.5 Å². The van der Waals surface area contributed by atoms with Crippen molar-refractivity contribution >= 4 is 8.32 Å². The van der Waals surface area contributed by atoms with Gasteiger partial charge in [-0.15, -0.1) is 0 Å². The molecule has 39 heavy (non-hydrogen) atoms.